The van der Waals surface area contributed by atoms with Crippen LogP contribution in [0.15, 0.2) is 0 Å². The molecule has 2 saturated carbocycles. The molecule has 0 spiro atoms. The molecule has 0 amide bonds. The van der Waals surface area contributed by atoms with Crippen LogP contribution in [0, 0.1) is 34.0 Å². The molecule has 0 aromatic carbocycles. The lowest BCUT2D eigenvalue weighted by atomic mass is 9.39. The highest BCUT2D eigenvalue weighted by atomic mass is 16.5. The van der Waals surface area contributed by atoms with Gasteiger partial charge in [0, 0.05) is 39.3 Å². The first-order valence-corrected chi connectivity index (χ1v) is 14.5. The first-order valence-electron chi connectivity index (χ1n) is 14.5. The molecule has 3 heteroatoms. The van der Waals surface area contributed by atoms with Gasteiger partial charge in [-0.3, -0.25) is 0 Å². The van der Waals surface area contributed by atoms with Crippen molar-refractivity contribution < 1.29 is 4.74 Å². The van der Waals surface area contributed by atoms with Gasteiger partial charge in [0.1, 0.15) is 0 Å². The van der Waals surface area contributed by atoms with Crippen LogP contribution in [0.4, 0.5) is 0 Å². The summed E-state index contributed by atoms with van der Waals surface area (Å²) in [6, 6.07) is 0. The Labute approximate surface area is 208 Å². The minimum atomic E-state index is 0.469. The van der Waals surface area contributed by atoms with E-state index < -0.39 is 0 Å². The van der Waals surface area contributed by atoms with E-state index in [1.807, 2.05) is 0 Å². The van der Waals surface area contributed by atoms with Crippen LogP contribution in [-0.2, 0) is 4.74 Å². The smallest absolute Gasteiger partial charge is 0.0503 e. The fraction of sp³-hybridized carbons (Fsp3) is 1.00. The number of unbranched alkanes of at least 4 members (excludes halogenated alkanes) is 1. The van der Waals surface area contributed by atoms with Gasteiger partial charge in [0.25, 0.3) is 0 Å². The Morgan fingerprint density at radius 2 is 1.58 bits per heavy atom. The zero-order valence-corrected chi connectivity index (χ0v) is 24.1. The highest BCUT2D eigenvalue weighted by molar-refractivity contribution is 5.09. The van der Waals surface area contributed by atoms with E-state index in [0.717, 1.165) is 25.0 Å². The molecule has 3 rings (SSSR count). The number of nitrogens with zero attached hydrogens (tertiary/aromatic N) is 2. The Morgan fingerprint density at radius 1 is 0.939 bits per heavy atom. The standard InChI is InChI=1S/C26H50N2O.C4H10/c1-21(19-28-16-14-27(7)15-17-28)20-29-18-10-23-22(2)9-13-26(6)24(3,4)11-8-12-25(23,26)5;1-3-4-2/h21-23H,8-20H2,1-7H3;3-4H2,1-2H3. The zero-order chi connectivity index (χ0) is 24.7. The monoisotopic (exact) mass is 464 g/mol. The molecule has 0 radical (unpaired) electrons. The van der Waals surface area contributed by atoms with Gasteiger partial charge in [-0.05, 0) is 73.2 Å². The van der Waals surface area contributed by atoms with E-state index in [-0.39, 0.29) is 0 Å². The van der Waals surface area contributed by atoms with E-state index >= 15 is 0 Å². The molecule has 33 heavy (non-hydrogen) atoms. The molecule has 0 aromatic heterocycles. The van der Waals surface area contributed by atoms with E-state index in [9.17, 15) is 0 Å². The van der Waals surface area contributed by atoms with Crippen molar-refractivity contribution in [2.45, 2.75) is 107 Å². The molecule has 1 heterocycles. The van der Waals surface area contributed by atoms with Crippen molar-refractivity contribution in [2.24, 2.45) is 34.0 Å². The van der Waals surface area contributed by atoms with Gasteiger partial charge in [-0.2, -0.15) is 0 Å². The predicted octanol–water partition coefficient (Wildman–Crippen LogP) is 7.35. The minimum Gasteiger partial charge on any atom is -0.381 e. The van der Waals surface area contributed by atoms with E-state index in [0.29, 0.717) is 22.2 Å². The van der Waals surface area contributed by atoms with Crippen molar-refractivity contribution in [3.63, 3.8) is 0 Å². The van der Waals surface area contributed by atoms with Crippen LogP contribution >= 0.6 is 0 Å². The number of rotatable bonds is 8. The van der Waals surface area contributed by atoms with Crippen LogP contribution in [0.1, 0.15) is 107 Å². The number of hydrogen-bond donors (Lipinski definition) is 0. The lowest BCUT2D eigenvalue weighted by molar-refractivity contribution is -0.172. The number of fused-ring (bicyclic) bond motifs is 1. The molecular weight excluding hydrogens is 404 g/mol. The average Bonchev–Trinajstić information content (AvgIpc) is 2.77. The van der Waals surface area contributed by atoms with Crippen molar-refractivity contribution in [2.75, 3.05) is 53.0 Å². The second-order valence-electron chi connectivity index (χ2n) is 13.2. The lowest BCUT2D eigenvalue weighted by Crippen LogP contribution is -2.58. The summed E-state index contributed by atoms with van der Waals surface area (Å²) in [6.45, 7) is 27.5. The summed E-state index contributed by atoms with van der Waals surface area (Å²) < 4.78 is 6.28. The number of piperazine rings is 1. The molecule has 5 atom stereocenters. The van der Waals surface area contributed by atoms with Crippen molar-refractivity contribution in [3.05, 3.63) is 0 Å². The molecule has 3 aliphatic rings. The normalized spacial score (nSPS) is 35.9. The second kappa shape index (κ2) is 12.7. The van der Waals surface area contributed by atoms with Crippen LogP contribution in [0.2, 0.25) is 0 Å². The molecule has 0 N–H and O–H groups in total. The van der Waals surface area contributed by atoms with Crippen molar-refractivity contribution in [1.82, 2.24) is 9.80 Å². The third-order valence-corrected chi connectivity index (χ3v) is 10.5. The zero-order valence-electron chi connectivity index (χ0n) is 24.1. The van der Waals surface area contributed by atoms with Crippen LogP contribution in [-0.4, -0.2) is 62.8 Å². The summed E-state index contributed by atoms with van der Waals surface area (Å²) in [4.78, 5) is 5.05. The van der Waals surface area contributed by atoms with Gasteiger partial charge in [-0.25, -0.2) is 0 Å². The Morgan fingerprint density at radius 3 is 2.18 bits per heavy atom. The highest BCUT2D eigenvalue weighted by Crippen LogP contribution is 2.69. The molecule has 1 aliphatic heterocycles. The van der Waals surface area contributed by atoms with Gasteiger partial charge in [0.2, 0.25) is 0 Å². The van der Waals surface area contributed by atoms with Crippen LogP contribution in [0.3, 0.4) is 0 Å². The maximum atomic E-state index is 6.28. The molecule has 3 fully saturated rings. The molecule has 0 aromatic rings. The summed E-state index contributed by atoms with van der Waals surface area (Å²) in [6.07, 6.45) is 10.9. The van der Waals surface area contributed by atoms with Crippen molar-refractivity contribution in [1.29, 1.82) is 0 Å². The predicted molar refractivity (Wildman–Crippen MR) is 145 cm³/mol. The van der Waals surface area contributed by atoms with Crippen molar-refractivity contribution >= 4 is 0 Å². The number of ether oxygens (including phenoxy) is 1. The highest BCUT2D eigenvalue weighted by Gasteiger charge is 2.60. The Kier molecular flexibility index (Phi) is 11.2. The molecule has 3 nitrogen and oxygen atoms in total. The Bertz CT molecular complexity index is 553. The summed E-state index contributed by atoms with van der Waals surface area (Å²) in [5.41, 5.74) is 1.42. The molecule has 0 bridgehead atoms. The molecule has 1 saturated heterocycles. The Balaban J connectivity index is 0.000000890. The fourth-order valence-electron chi connectivity index (χ4n) is 7.41. The third-order valence-electron chi connectivity index (χ3n) is 10.5. The third kappa shape index (κ3) is 6.98. The Hall–Kier alpha value is -0.120. The van der Waals surface area contributed by atoms with Gasteiger partial charge < -0.3 is 14.5 Å². The first-order chi connectivity index (χ1) is 15.5. The maximum Gasteiger partial charge on any atom is 0.0503 e. The SMILES string of the molecule is CC(COCCC1C(C)CCC2(C)C(C)(C)CCCC12C)CN1CCN(C)CC1.CCCC. The van der Waals surface area contributed by atoms with Crippen molar-refractivity contribution in [3.8, 4) is 0 Å². The molecule has 196 valence electrons. The molecule has 2 aliphatic carbocycles. The number of hydrogen-bond acceptors (Lipinski definition) is 3. The fourth-order valence-corrected chi connectivity index (χ4v) is 7.41. The maximum absolute atomic E-state index is 6.28. The van der Waals surface area contributed by atoms with Gasteiger partial charge in [0.15, 0.2) is 0 Å². The lowest BCUT2D eigenvalue weighted by Gasteiger charge is -2.66. The van der Waals surface area contributed by atoms with Gasteiger partial charge in [0.05, 0.1) is 6.61 Å². The van der Waals surface area contributed by atoms with Crippen LogP contribution in [0.25, 0.3) is 0 Å². The van der Waals surface area contributed by atoms with Gasteiger partial charge >= 0.3 is 0 Å². The van der Waals surface area contributed by atoms with Gasteiger partial charge in [-0.15, -0.1) is 0 Å². The van der Waals surface area contributed by atoms with Gasteiger partial charge in [-0.1, -0.05) is 74.7 Å². The first kappa shape index (κ1) is 29.1. The molecule has 5 unspecified atom stereocenters. The van der Waals surface area contributed by atoms with Crippen LogP contribution in [0.5, 0.6) is 0 Å². The van der Waals surface area contributed by atoms with E-state index in [1.165, 1.54) is 84.1 Å². The summed E-state index contributed by atoms with van der Waals surface area (Å²) in [5, 5.41) is 0. The minimum absolute atomic E-state index is 0.469. The quantitative estimate of drug-likeness (QED) is 0.349. The topological polar surface area (TPSA) is 15.7 Å². The van der Waals surface area contributed by atoms with E-state index in [1.54, 1.807) is 0 Å². The average molecular weight is 465 g/mol. The second-order valence-corrected chi connectivity index (χ2v) is 13.2. The largest absolute Gasteiger partial charge is 0.381 e. The number of likely N-dealkylation sites (N-methyl/N-ethyl adjacent to an activating group) is 1. The summed E-state index contributed by atoms with van der Waals surface area (Å²) in [5.74, 6) is 2.29. The van der Waals surface area contributed by atoms with E-state index in [4.69, 9.17) is 4.74 Å². The summed E-state index contributed by atoms with van der Waals surface area (Å²) >= 11 is 0. The van der Waals surface area contributed by atoms with Crippen LogP contribution < -0.4 is 0 Å². The molecular formula is C30H60N2O. The summed E-state index contributed by atoms with van der Waals surface area (Å²) in [7, 11) is 2.23. The van der Waals surface area contributed by atoms with E-state index in [2.05, 4.69) is 72.2 Å².